The summed E-state index contributed by atoms with van der Waals surface area (Å²) in [7, 11) is 1.81. The fourth-order valence-corrected chi connectivity index (χ4v) is 3.58. The zero-order valence-electron chi connectivity index (χ0n) is 14.9. The summed E-state index contributed by atoms with van der Waals surface area (Å²) in [6.45, 7) is 6.49. The monoisotopic (exact) mass is 366 g/mol. The second-order valence-electron chi connectivity index (χ2n) is 6.19. The Morgan fingerprint density at radius 1 is 1.36 bits per heavy atom. The number of amides is 2. The third kappa shape index (κ3) is 3.98. The van der Waals surface area contributed by atoms with E-state index in [0.717, 1.165) is 15.9 Å². The molecule has 0 bridgehead atoms. The topological polar surface area (TPSA) is 105 Å². The van der Waals surface area contributed by atoms with E-state index in [9.17, 15) is 14.4 Å². The molecule has 2 heterocycles. The first-order valence-corrected chi connectivity index (χ1v) is 8.69. The Labute approximate surface area is 149 Å². The molecule has 0 radical (unpaired) electrons. The molecule has 25 heavy (non-hydrogen) atoms. The molecule has 2 amide bonds. The van der Waals surface area contributed by atoms with Gasteiger partial charge in [-0.15, -0.1) is 11.3 Å². The van der Waals surface area contributed by atoms with Gasteiger partial charge in [-0.25, -0.2) is 0 Å². The maximum absolute atomic E-state index is 12.5. The van der Waals surface area contributed by atoms with Crippen LogP contribution in [0.5, 0.6) is 0 Å². The van der Waals surface area contributed by atoms with Crippen LogP contribution in [0.1, 0.15) is 36.1 Å². The van der Waals surface area contributed by atoms with Crippen LogP contribution in [0, 0.1) is 6.92 Å². The molecule has 1 unspecified atom stereocenters. The van der Waals surface area contributed by atoms with Gasteiger partial charge in [-0.3, -0.25) is 19.1 Å². The van der Waals surface area contributed by atoms with Crippen LogP contribution in [0.4, 0.5) is 0 Å². The zero-order chi connectivity index (χ0) is 18.9. The molecular weight excluding hydrogens is 344 g/mol. The minimum Gasteiger partial charge on any atom is -0.480 e. The highest BCUT2D eigenvalue weighted by Crippen LogP contribution is 2.27. The lowest BCUT2D eigenvalue weighted by Gasteiger charge is -2.28. The Morgan fingerprint density at radius 3 is 2.52 bits per heavy atom. The second kappa shape index (κ2) is 7.22. The van der Waals surface area contributed by atoms with Gasteiger partial charge in [0, 0.05) is 18.5 Å². The van der Waals surface area contributed by atoms with E-state index < -0.39 is 24.5 Å². The number of aryl methyl sites for hydroxylation is 2. The maximum atomic E-state index is 12.5. The van der Waals surface area contributed by atoms with Crippen molar-refractivity contribution in [2.24, 2.45) is 7.05 Å². The lowest BCUT2D eigenvalue weighted by atomic mass is 10.2. The first-order valence-electron chi connectivity index (χ1n) is 7.88. The molecule has 2 aromatic rings. The van der Waals surface area contributed by atoms with Crippen molar-refractivity contribution in [1.29, 1.82) is 0 Å². The van der Waals surface area contributed by atoms with Crippen molar-refractivity contribution in [3.05, 3.63) is 16.6 Å². The van der Waals surface area contributed by atoms with Crippen LogP contribution < -0.4 is 5.32 Å². The minimum absolute atomic E-state index is 0.277. The quantitative estimate of drug-likeness (QED) is 0.804. The number of carbonyl (C=O) groups is 3. The van der Waals surface area contributed by atoms with Gasteiger partial charge in [0.25, 0.3) is 5.91 Å². The fraction of sp³-hybridized carbons (Fsp3) is 0.500. The number of rotatable bonds is 6. The summed E-state index contributed by atoms with van der Waals surface area (Å²) >= 11 is 1.30. The van der Waals surface area contributed by atoms with Crippen LogP contribution in [0.2, 0.25) is 0 Å². The van der Waals surface area contributed by atoms with Gasteiger partial charge >= 0.3 is 5.97 Å². The molecule has 0 aliphatic heterocycles. The van der Waals surface area contributed by atoms with Crippen LogP contribution in [0.25, 0.3) is 10.2 Å². The van der Waals surface area contributed by atoms with E-state index in [4.69, 9.17) is 5.11 Å². The number of carbonyl (C=O) groups excluding carboxylic acids is 2. The standard InChI is InChI=1S/C16H22N4O4S/c1-8(2)20(7-13(21)22)15(24)10(4)17-14(23)12-6-11-9(3)18-19(5)16(11)25-12/h6,8,10H,7H2,1-5H3,(H,17,23)(H,21,22). The highest BCUT2D eigenvalue weighted by Gasteiger charge is 2.26. The van der Waals surface area contributed by atoms with E-state index in [1.807, 2.05) is 14.0 Å². The summed E-state index contributed by atoms with van der Waals surface area (Å²) in [4.78, 5) is 38.4. The number of thiophene rings is 1. The Balaban J connectivity index is 2.13. The van der Waals surface area contributed by atoms with Gasteiger partial charge in [0.05, 0.1) is 10.6 Å². The largest absolute Gasteiger partial charge is 0.480 e. The highest BCUT2D eigenvalue weighted by molar-refractivity contribution is 7.20. The summed E-state index contributed by atoms with van der Waals surface area (Å²) < 4.78 is 1.72. The minimum atomic E-state index is -1.09. The van der Waals surface area contributed by atoms with Crippen molar-refractivity contribution < 1.29 is 19.5 Å². The molecule has 0 aromatic carbocycles. The number of nitrogens with zero attached hydrogens (tertiary/aromatic N) is 3. The molecule has 0 spiro atoms. The van der Waals surface area contributed by atoms with Crippen molar-refractivity contribution in [3.8, 4) is 0 Å². The number of hydrogen-bond acceptors (Lipinski definition) is 5. The van der Waals surface area contributed by atoms with Crippen LogP contribution in [-0.4, -0.2) is 56.2 Å². The molecule has 2 aromatic heterocycles. The van der Waals surface area contributed by atoms with Crippen molar-refractivity contribution in [2.75, 3.05) is 6.54 Å². The highest BCUT2D eigenvalue weighted by atomic mass is 32.1. The third-order valence-electron chi connectivity index (χ3n) is 3.85. The van der Waals surface area contributed by atoms with Gasteiger partial charge in [0.15, 0.2) is 0 Å². The van der Waals surface area contributed by atoms with E-state index in [0.29, 0.717) is 4.88 Å². The number of carboxylic acid groups (broad SMARTS) is 1. The Bertz CT molecular complexity index is 789. The average molecular weight is 366 g/mol. The number of fused-ring (bicyclic) bond motifs is 1. The number of hydrogen-bond donors (Lipinski definition) is 2. The van der Waals surface area contributed by atoms with E-state index in [2.05, 4.69) is 10.4 Å². The third-order valence-corrected chi connectivity index (χ3v) is 5.05. The summed E-state index contributed by atoms with van der Waals surface area (Å²) in [5.41, 5.74) is 0.837. The van der Waals surface area contributed by atoms with E-state index in [1.54, 1.807) is 31.5 Å². The first kappa shape index (κ1) is 18.9. The lowest BCUT2D eigenvalue weighted by Crippen LogP contribution is -2.50. The van der Waals surface area contributed by atoms with Crippen LogP contribution in [-0.2, 0) is 16.6 Å². The summed E-state index contributed by atoms with van der Waals surface area (Å²) in [5.74, 6) is -1.88. The normalized spacial score (nSPS) is 12.4. The predicted octanol–water partition coefficient (Wildman–Crippen LogP) is 1.38. The molecule has 9 heteroatoms. The SMILES string of the molecule is Cc1nn(C)c2sc(C(=O)NC(C)C(=O)N(CC(=O)O)C(C)C)cc12. The Kier molecular flexibility index (Phi) is 5.46. The smallest absolute Gasteiger partial charge is 0.323 e. The maximum Gasteiger partial charge on any atom is 0.323 e. The molecule has 8 nitrogen and oxygen atoms in total. The number of aliphatic carboxylic acids is 1. The second-order valence-corrected chi connectivity index (χ2v) is 7.22. The van der Waals surface area contributed by atoms with Crippen molar-refractivity contribution >= 4 is 39.3 Å². The van der Waals surface area contributed by atoms with Gasteiger partial charge in [-0.05, 0) is 33.8 Å². The van der Waals surface area contributed by atoms with Gasteiger partial charge < -0.3 is 15.3 Å². The Morgan fingerprint density at radius 2 is 2.00 bits per heavy atom. The number of carboxylic acids is 1. The van der Waals surface area contributed by atoms with Crippen molar-refractivity contribution in [1.82, 2.24) is 20.0 Å². The molecular formula is C16H22N4O4S. The first-order chi connectivity index (χ1) is 11.6. The Hall–Kier alpha value is -2.42. The van der Waals surface area contributed by atoms with E-state index in [-0.39, 0.29) is 11.9 Å². The van der Waals surface area contributed by atoms with Crippen molar-refractivity contribution in [3.63, 3.8) is 0 Å². The van der Waals surface area contributed by atoms with E-state index in [1.165, 1.54) is 16.2 Å². The van der Waals surface area contributed by atoms with Crippen LogP contribution >= 0.6 is 11.3 Å². The van der Waals surface area contributed by atoms with Gasteiger partial charge in [-0.2, -0.15) is 5.10 Å². The summed E-state index contributed by atoms with van der Waals surface area (Å²) in [5, 5.41) is 16.8. The molecule has 0 saturated carbocycles. The molecule has 0 aliphatic carbocycles. The molecule has 0 aliphatic rings. The van der Waals surface area contributed by atoms with Gasteiger partial charge in [-0.1, -0.05) is 0 Å². The molecule has 0 saturated heterocycles. The van der Waals surface area contributed by atoms with Crippen LogP contribution in [0.3, 0.4) is 0 Å². The van der Waals surface area contributed by atoms with E-state index >= 15 is 0 Å². The molecule has 136 valence electrons. The lowest BCUT2D eigenvalue weighted by molar-refractivity contribution is -0.146. The zero-order valence-corrected chi connectivity index (χ0v) is 15.7. The number of nitrogens with one attached hydrogen (secondary N) is 1. The fourth-order valence-electron chi connectivity index (χ4n) is 2.56. The van der Waals surface area contributed by atoms with Gasteiger partial charge in [0.2, 0.25) is 5.91 Å². The summed E-state index contributed by atoms with van der Waals surface area (Å²) in [6.07, 6.45) is 0. The van der Waals surface area contributed by atoms with Crippen molar-refractivity contribution in [2.45, 2.75) is 39.8 Å². The van der Waals surface area contributed by atoms with Crippen LogP contribution in [0.15, 0.2) is 6.07 Å². The van der Waals surface area contributed by atoms with Gasteiger partial charge in [0.1, 0.15) is 17.4 Å². The predicted molar refractivity (Wildman–Crippen MR) is 94.7 cm³/mol. The summed E-state index contributed by atoms with van der Waals surface area (Å²) in [6, 6.07) is 0.659. The molecule has 2 N–H and O–H groups in total. The molecule has 2 rings (SSSR count). The number of aromatic nitrogens is 2. The molecule has 0 fully saturated rings. The average Bonchev–Trinajstić information content (AvgIpc) is 3.06. The molecule has 1 atom stereocenters.